The van der Waals surface area contributed by atoms with Crippen molar-refractivity contribution in [2.45, 2.75) is 44.0 Å². The lowest BCUT2D eigenvalue weighted by Gasteiger charge is -2.32. The first kappa shape index (κ1) is 21.9. The van der Waals surface area contributed by atoms with Crippen LogP contribution in [-0.2, 0) is 14.8 Å². The van der Waals surface area contributed by atoms with Crippen molar-refractivity contribution >= 4 is 27.5 Å². The van der Waals surface area contributed by atoms with Crippen molar-refractivity contribution in [3.63, 3.8) is 0 Å². The van der Waals surface area contributed by atoms with Crippen LogP contribution in [0.4, 0.5) is 0 Å². The number of benzene rings is 1. The van der Waals surface area contributed by atoms with E-state index in [2.05, 4.69) is 4.72 Å². The largest absolute Gasteiger partial charge is 0.484 e. The number of nitrogens with zero attached hydrogens (tertiary/aromatic N) is 1. The van der Waals surface area contributed by atoms with Gasteiger partial charge in [-0.15, -0.1) is 0 Å². The molecule has 0 bridgehead atoms. The van der Waals surface area contributed by atoms with E-state index in [4.69, 9.17) is 16.3 Å². The summed E-state index contributed by atoms with van der Waals surface area (Å²) in [4.78, 5) is 13.9. The second-order valence-electron chi connectivity index (χ2n) is 7.04. The minimum Gasteiger partial charge on any atom is -0.484 e. The number of rotatable bonds is 8. The molecule has 1 aliphatic heterocycles. The summed E-state index contributed by atoms with van der Waals surface area (Å²) < 4.78 is 32.8. The number of hydrogen-bond donors (Lipinski definition) is 2. The smallest absolute Gasteiger partial charge is 0.260 e. The molecule has 1 amide bonds. The van der Waals surface area contributed by atoms with Gasteiger partial charge in [0.2, 0.25) is 10.0 Å². The van der Waals surface area contributed by atoms with Crippen molar-refractivity contribution in [1.82, 2.24) is 9.62 Å². The van der Waals surface area contributed by atoms with Crippen molar-refractivity contribution in [2.24, 2.45) is 0 Å². The number of halogens is 1. The van der Waals surface area contributed by atoms with Crippen LogP contribution in [0.5, 0.6) is 5.75 Å². The lowest BCUT2D eigenvalue weighted by Crippen LogP contribution is -2.49. The van der Waals surface area contributed by atoms with E-state index in [0.717, 1.165) is 0 Å². The molecule has 1 saturated heterocycles. The summed E-state index contributed by atoms with van der Waals surface area (Å²) in [5.74, 6) is 0.375. The number of nitrogens with one attached hydrogen (secondary N) is 1. The fraction of sp³-hybridized carbons (Fsp3) is 0.611. The highest BCUT2D eigenvalue weighted by molar-refractivity contribution is 7.90. The first-order valence-corrected chi connectivity index (χ1v) is 10.9. The van der Waals surface area contributed by atoms with Gasteiger partial charge in [-0.25, -0.2) is 13.1 Å². The average molecular weight is 419 g/mol. The van der Waals surface area contributed by atoms with Gasteiger partial charge < -0.3 is 14.7 Å². The van der Waals surface area contributed by atoms with E-state index >= 15 is 0 Å². The highest BCUT2D eigenvalue weighted by Crippen LogP contribution is 2.19. The molecule has 0 aliphatic carbocycles. The van der Waals surface area contributed by atoms with Gasteiger partial charge in [-0.2, -0.15) is 0 Å². The zero-order chi connectivity index (χ0) is 20.1. The quantitative estimate of drug-likeness (QED) is 0.671. The van der Waals surface area contributed by atoms with E-state index < -0.39 is 20.9 Å². The third kappa shape index (κ3) is 6.64. The van der Waals surface area contributed by atoms with Crippen LogP contribution in [0, 0.1) is 0 Å². The van der Waals surface area contributed by atoms with Gasteiger partial charge in [0, 0.05) is 24.7 Å². The van der Waals surface area contributed by atoms with Gasteiger partial charge in [0.05, 0.1) is 10.9 Å². The van der Waals surface area contributed by atoms with Crippen LogP contribution in [0.15, 0.2) is 24.3 Å². The maximum atomic E-state index is 12.4. The molecular weight excluding hydrogens is 392 g/mol. The fourth-order valence-corrected chi connectivity index (χ4v) is 4.39. The molecule has 1 fully saturated rings. The summed E-state index contributed by atoms with van der Waals surface area (Å²) >= 11 is 5.80. The highest BCUT2D eigenvalue weighted by atomic mass is 35.5. The summed E-state index contributed by atoms with van der Waals surface area (Å²) in [6, 6.07) is 6.73. The molecule has 1 aromatic carbocycles. The minimum absolute atomic E-state index is 0.0140. The Morgan fingerprint density at radius 2 is 1.93 bits per heavy atom. The maximum absolute atomic E-state index is 12.4. The van der Waals surface area contributed by atoms with E-state index in [1.165, 1.54) is 0 Å². The minimum atomic E-state index is -3.53. The Balaban J connectivity index is 1.79. The van der Waals surface area contributed by atoms with E-state index in [1.807, 2.05) is 0 Å². The Morgan fingerprint density at radius 3 is 2.48 bits per heavy atom. The molecule has 9 heteroatoms. The van der Waals surface area contributed by atoms with Gasteiger partial charge in [0.1, 0.15) is 5.75 Å². The van der Waals surface area contributed by atoms with Crippen LogP contribution < -0.4 is 9.46 Å². The van der Waals surface area contributed by atoms with Crippen LogP contribution >= 0.6 is 11.6 Å². The molecule has 1 heterocycles. The molecule has 152 valence electrons. The zero-order valence-corrected chi connectivity index (χ0v) is 17.2. The summed E-state index contributed by atoms with van der Waals surface area (Å²) in [7, 11) is -3.53. The van der Waals surface area contributed by atoms with Crippen molar-refractivity contribution in [1.29, 1.82) is 0 Å². The van der Waals surface area contributed by atoms with Crippen molar-refractivity contribution in [3.05, 3.63) is 29.3 Å². The molecule has 0 spiro atoms. The number of hydrogen-bond acceptors (Lipinski definition) is 5. The molecule has 7 nitrogen and oxygen atoms in total. The van der Waals surface area contributed by atoms with Gasteiger partial charge in [-0.3, -0.25) is 4.79 Å². The van der Waals surface area contributed by atoms with Gasteiger partial charge in [-0.1, -0.05) is 18.5 Å². The molecule has 0 radical (unpaired) electrons. The highest BCUT2D eigenvalue weighted by Gasteiger charge is 2.32. The second kappa shape index (κ2) is 9.23. The van der Waals surface area contributed by atoms with Crippen LogP contribution in [-0.4, -0.2) is 61.4 Å². The van der Waals surface area contributed by atoms with Crippen molar-refractivity contribution in [3.8, 4) is 5.75 Å². The Morgan fingerprint density at radius 1 is 1.33 bits per heavy atom. The monoisotopic (exact) mass is 418 g/mol. The maximum Gasteiger partial charge on any atom is 0.260 e. The molecule has 1 aromatic rings. The second-order valence-corrected chi connectivity index (χ2v) is 9.52. The number of carbonyl (C=O) groups excluding carboxylic acids is 1. The molecule has 1 aliphatic rings. The van der Waals surface area contributed by atoms with Gasteiger partial charge in [0.15, 0.2) is 6.61 Å². The van der Waals surface area contributed by atoms with Gasteiger partial charge in [-0.05, 0) is 50.5 Å². The molecule has 1 unspecified atom stereocenters. The van der Waals surface area contributed by atoms with Crippen molar-refractivity contribution < 1.29 is 23.1 Å². The summed E-state index contributed by atoms with van der Waals surface area (Å²) in [5.41, 5.74) is -1.07. The number of sulfonamides is 1. The Hall–Kier alpha value is -1.35. The lowest BCUT2D eigenvalue weighted by atomic mass is 10.1. The third-order valence-electron chi connectivity index (χ3n) is 4.83. The van der Waals surface area contributed by atoms with E-state index in [0.29, 0.717) is 43.1 Å². The predicted octanol–water partition coefficient (Wildman–Crippen LogP) is 1.79. The Kier molecular flexibility index (Phi) is 7.50. The van der Waals surface area contributed by atoms with Crippen LogP contribution in [0.1, 0.15) is 33.1 Å². The molecule has 2 rings (SSSR count). The third-order valence-corrected chi connectivity index (χ3v) is 6.97. The van der Waals surface area contributed by atoms with E-state index in [9.17, 15) is 18.3 Å². The SMILES string of the molecule is CCC(C)(O)CNS(=O)(=O)C1CCN(C(=O)COc2ccc(Cl)cc2)CC1. The number of ether oxygens (including phenoxy) is 1. The zero-order valence-electron chi connectivity index (χ0n) is 15.7. The summed E-state index contributed by atoms with van der Waals surface area (Å²) in [5, 5.41) is 9.99. The van der Waals surface area contributed by atoms with E-state index in [1.54, 1.807) is 43.0 Å². The molecule has 2 N–H and O–H groups in total. The lowest BCUT2D eigenvalue weighted by molar-refractivity contribution is -0.134. The topological polar surface area (TPSA) is 95.9 Å². The van der Waals surface area contributed by atoms with E-state index in [-0.39, 0.29) is 19.1 Å². The standard InChI is InChI=1S/C18H27ClN2O5S/c1-3-18(2,23)13-20-27(24,25)16-8-10-21(11-9-16)17(22)12-26-15-6-4-14(19)5-7-15/h4-7,16,20,23H,3,8-13H2,1-2H3. The first-order chi connectivity index (χ1) is 12.6. The van der Waals surface area contributed by atoms with Crippen LogP contribution in [0.3, 0.4) is 0 Å². The summed E-state index contributed by atoms with van der Waals surface area (Å²) in [6.07, 6.45) is 1.17. The van der Waals surface area contributed by atoms with Gasteiger partial charge in [0.25, 0.3) is 5.91 Å². The molecule has 0 aromatic heterocycles. The number of aliphatic hydroxyl groups is 1. The normalized spacial score (nSPS) is 18.1. The molecule has 0 saturated carbocycles. The first-order valence-electron chi connectivity index (χ1n) is 9.00. The average Bonchev–Trinajstić information content (AvgIpc) is 2.66. The predicted molar refractivity (Wildman–Crippen MR) is 104 cm³/mol. The van der Waals surface area contributed by atoms with Gasteiger partial charge >= 0.3 is 0 Å². The van der Waals surface area contributed by atoms with Crippen LogP contribution in [0.25, 0.3) is 0 Å². The number of amides is 1. The fourth-order valence-electron chi connectivity index (χ4n) is 2.68. The number of likely N-dealkylation sites (tertiary alicyclic amines) is 1. The van der Waals surface area contributed by atoms with Crippen LogP contribution in [0.2, 0.25) is 5.02 Å². The molecule has 1 atom stereocenters. The number of piperidine rings is 1. The molecular formula is C18H27ClN2O5S. The summed E-state index contributed by atoms with van der Waals surface area (Å²) in [6.45, 7) is 4.00. The Bertz CT molecular complexity index is 729. The Labute approximate surface area is 165 Å². The number of carbonyl (C=O) groups is 1. The molecule has 27 heavy (non-hydrogen) atoms. The van der Waals surface area contributed by atoms with Crippen molar-refractivity contribution in [2.75, 3.05) is 26.2 Å².